The Bertz CT molecular complexity index is 500. The zero-order chi connectivity index (χ0) is 15.4. The monoisotopic (exact) mass is 291 g/mol. The van der Waals surface area contributed by atoms with Gasteiger partial charge in [0.05, 0.1) is 12.7 Å². The molecule has 2 N–H and O–H groups in total. The molecule has 1 heterocycles. The Morgan fingerprint density at radius 1 is 1.43 bits per heavy atom. The second kappa shape index (κ2) is 6.80. The molecular weight excluding hydrogens is 266 g/mol. The average molecular weight is 291 g/mol. The van der Waals surface area contributed by atoms with Crippen LogP contribution >= 0.6 is 0 Å². The normalized spacial score (nSPS) is 18.3. The molecule has 1 atom stereocenters. The summed E-state index contributed by atoms with van der Waals surface area (Å²) in [6.07, 6.45) is 1.03. The first-order valence-electron chi connectivity index (χ1n) is 7.57. The van der Waals surface area contributed by atoms with Crippen LogP contribution in [0.15, 0.2) is 18.2 Å². The molecular formula is C16H25N3O2. The van der Waals surface area contributed by atoms with Crippen LogP contribution in [-0.4, -0.2) is 55.0 Å². The van der Waals surface area contributed by atoms with Gasteiger partial charge in [0.15, 0.2) is 0 Å². The van der Waals surface area contributed by atoms with Crippen LogP contribution in [0.2, 0.25) is 0 Å². The molecule has 21 heavy (non-hydrogen) atoms. The topological polar surface area (TPSA) is 58.8 Å². The predicted molar refractivity (Wildman–Crippen MR) is 84.6 cm³/mol. The molecule has 1 aliphatic rings. The molecule has 5 heteroatoms. The van der Waals surface area contributed by atoms with Gasteiger partial charge in [-0.2, -0.15) is 0 Å². The first-order valence-corrected chi connectivity index (χ1v) is 7.57. The number of nitrogens with zero attached hydrogens (tertiary/aromatic N) is 2. The molecule has 1 aromatic carbocycles. The summed E-state index contributed by atoms with van der Waals surface area (Å²) in [4.78, 5) is 17.0. The van der Waals surface area contributed by atoms with Crippen molar-refractivity contribution in [3.8, 4) is 5.75 Å². The summed E-state index contributed by atoms with van der Waals surface area (Å²) >= 11 is 0. The van der Waals surface area contributed by atoms with Crippen molar-refractivity contribution in [1.29, 1.82) is 0 Å². The largest absolute Gasteiger partial charge is 0.496 e. The van der Waals surface area contributed by atoms with Crippen LogP contribution in [0.4, 0.5) is 5.69 Å². The van der Waals surface area contributed by atoms with Gasteiger partial charge in [0.1, 0.15) is 5.75 Å². The number of likely N-dealkylation sites (tertiary alicyclic amines) is 1. The van der Waals surface area contributed by atoms with Gasteiger partial charge < -0.3 is 15.4 Å². The zero-order valence-electron chi connectivity index (χ0n) is 13.1. The highest BCUT2D eigenvalue weighted by atomic mass is 16.5. The number of nitrogen functional groups attached to an aromatic ring is 1. The molecule has 1 amide bonds. The third kappa shape index (κ3) is 3.29. The van der Waals surface area contributed by atoms with Crippen LogP contribution in [-0.2, 0) is 0 Å². The lowest BCUT2D eigenvalue weighted by Crippen LogP contribution is -2.38. The lowest BCUT2D eigenvalue weighted by Gasteiger charge is -2.26. The third-order valence-electron chi connectivity index (χ3n) is 4.24. The van der Waals surface area contributed by atoms with Gasteiger partial charge in [-0.3, -0.25) is 9.69 Å². The van der Waals surface area contributed by atoms with Gasteiger partial charge in [-0.25, -0.2) is 0 Å². The second-order valence-electron chi connectivity index (χ2n) is 5.37. The van der Waals surface area contributed by atoms with E-state index in [0.29, 0.717) is 23.0 Å². The molecule has 5 nitrogen and oxygen atoms in total. The van der Waals surface area contributed by atoms with Crippen molar-refractivity contribution >= 4 is 11.6 Å². The van der Waals surface area contributed by atoms with Crippen LogP contribution in [0.25, 0.3) is 0 Å². The lowest BCUT2D eigenvalue weighted by atomic mass is 10.1. The van der Waals surface area contributed by atoms with Crippen molar-refractivity contribution in [3.63, 3.8) is 0 Å². The summed E-state index contributed by atoms with van der Waals surface area (Å²) in [5.41, 5.74) is 6.94. The van der Waals surface area contributed by atoms with Gasteiger partial charge in [-0.15, -0.1) is 0 Å². The summed E-state index contributed by atoms with van der Waals surface area (Å²) in [6, 6.07) is 5.66. The Morgan fingerprint density at radius 3 is 2.76 bits per heavy atom. The number of ether oxygens (including phenoxy) is 1. The van der Waals surface area contributed by atoms with Crippen LogP contribution in [0.1, 0.15) is 30.6 Å². The number of methoxy groups -OCH3 is 1. The van der Waals surface area contributed by atoms with Crippen molar-refractivity contribution < 1.29 is 9.53 Å². The molecule has 0 aliphatic carbocycles. The minimum atomic E-state index is 0.0292. The minimum absolute atomic E-state index is 0.0292. The summed E-state index contributed by atoms with van der Waals surface area (Å²) in [5, 5.41) is 0. The number of rotatable bonds is 5. The van der Waals surface area contributed by atoms with Crippen molar-refractivity contribution in [3.05, 3.63) is 23.8 Å². The molecule has 116 valence electrons. The lowest BCUT2D eigenvalue weighted by molar-refractivity contribution is 0.0774. The Balaban J connectivity index is 2.11. The smallest absolute Gasteiger partial charge is 0.257 e. The standard InChI is InChI=1S/C16H25N3O2/c1-4-18(5-2)13-8-9-19(11-13)16(20)14-7-6-12(17)10-15(14)21-3/h6-7,10,13H,4-5,8-9,11,17H2,1-3H3. The van der Waals surface area contributed by atoms with Gasteiger partial charge in [0.25, 0.3) is 5.91 Å². The van der Waals surface area contributed by atoms with Gasteiger partial charge in [0, 0.05) is 30.9 Å². The van der Waals surface area contributed by atoms with Crippen LogP contribution in [0.3, 0.4) is 0 Å². The maximum Gasteiger partial charge on any atom is 0.257 e. The average Bonchev–Trinajstić information content (AvgIpc) is 2.97. The number of nitrogens with two attached hydrogens (primary N) is 1. The highest BCUT2D eigenvalue weighted by Crippen LogP contribution is 2.25. The summed E-state index contributed by atoms with van der Waals surface area (Å²) in [5.74, 6) is 0.577. The van der Waals surface area contributed by atoms with E-state index in [-0.39, 0.29) is 5.91 Å². The number of carbonyl (C=O) groups excluding carboxylic acids is 1. The number of carbonyl (C=O) groups is 1. The van der Waals surface area contributed by atoms with Crippen molar-refractivity contribution in [2.24, 2.45) is 0 Å². The van der Waals surface area contributed by atoms with Crippen LogP contribution in [0, 0.1) is 0 Å². The van der Waals surface area contributed by atoms with Gasteiger partial charge in [-0.1, -0.05) is 13.8 Å². The van der Waals surface area contributed by atoms with Gasteiger partial charge >= 0.3 is 0 Å². The number of amides is 1. The highest BCUT2D eigenvalue weighted by Gasteiger charge is 2.30. The molecule has 0 bridgehead atoms. The van der Waals surface area contributed by atoms with Crippen molar-refractivity contribution in [2.75, 3.05) is 39.0 Å². The number of anilines is 1. The van der Waals surface area contributed by atoms with E-state index in [0.717, 1.165) is 32.6 Å². The Kier molecular flexibility index (Phi) is 5.07. The fraction of sp³-hybridized carbons (Fsp3) is 0.562. The maximum absolute atomic E-state index is 12.7. The SMILES string of the molecule is CCN(CC)C1CCN(C(=O)c2ccc(N)cc2OC)C1. The summed E-state index contributed by atoms with van der Waals surface area (Å²) < 4.78 is 5.29. The molecule has 1 fully saturated rings. The maximum atomic E-state index is 12.7. The second-order valence-corrected chi connectivity index (χ2v) is 5.37. The molecule has 0 spiro atoms. The van der Waals surface area contributed by atoms with E-state index in [9.17, 15) is 4.79 Å². The van der Waals surface area contributed by atoms with Crippen LogP contribution < -0.4 is 10.5 Å². The molecule has 1 aromatic rings. The summed E-state index contributed by atoms with van der Waals surface area (Å²) in [6.45, 7) is 7.96. The molecule has 1 saturated heterocycles. The Labute approximate surface area is 126 Å². The third-order valence-corrected chi connectivity index (χ3v) is 4.24. The quantitative estimate of drug-likeness (QED) is 0.841. The number of hydrogen-bond donors (Lipinski definition) is 1. The number of benzene rings is 1. The van der Waals surface area contributed by atoms with Gasteiger partial charge in [0.2, 0.25) is 0 Å². The molecule has 0 aromatic heterocycles. The van der Waals surface area contributed by atoms with E-state index in [2.05, 4.69) is 18.7 Å². The highest BCUT2D eigenvalue weighted by molar-refractivity contribution is 5.97. The van der Waals surface area contributed by atoms with Gasteiger partial charge in [-0.05, 0) is 31.6 Å². The zero-order valence-corrected chi connectivity index (χ0v) is 13.1. The Morgan fingerprint density at radius 2 is 2.14 bits per heavy atom. The van der Waals surface area contributed by atoms with E-state index in [1.165, 1.54) is 0 Å². The predicted octanol–water partition coefficient (Wildman–Crippen LogP) is 1.83. The van der Waals surface area contributed by atoms with E-state index < -0.39 is 0 Å². The Hall–Kier alpha value is -1.75. The molecule has 1 aliphatic heterocycles. The van der Waals surface area contributed by atoms with E-state index in [1.807, 2.05) is 4.90 Å². The van der Waals surface area contributed by atoms with Crippen molar-refractivity contribution in [2.45, 2.75) is 26.3 Å². The fourth-order valence-corrected chi connectivity index (χ4v) is 3.02. The van der Waals surface area contributed by atoms with E-state index in [1.54, 1.807) is 25.3 Å². The van der Waals surface area contributed by atoms with E-state index in [4.69, 9.17) is 10.5 Å². The molecule has 1 unspecified atom stereocenters. The first-order chi connectivity index (χ1) is 10.1. The van der Waals surface area contributed by atoms with Crippen molar-refractivity contribution in [1.82, 2.24) is 9.80 Å². The first kappa shape index (κ1) is 15.6. The van der Waals surface area contributed by atoms with E-state index >= 15 is 0 Å². The molecule has 2 rings (SSSR count). The summed E-state index contributed by atoms with van der Waals surface area (Å²) in [7, 11) is 1.56. The number of likely N-dealkylation sites (N-methyl/N-ethyl adjacent to an activating group) is 1. The van der Waals surface area contributed by atoms with Crippen LogP contribution in [0.5, 0.6) is 5.75 Å². The molecule has 0 saturated carbocycles. The number of hydrogen-bond acceptors (Lipinski definition) is 4. The fourth-order valence-electron chi connectivity index (χ4n) is 3.02. The minimum Gasteiger partial charge on any atom is -0.496 e. The molecule has 0 radical (unpaired) electrons.